The predicted octanol–water partition coefficient (Wildman–Crippen LogP) is 6.11. The van der Waals surface area contributed by atoms with E-state index < -0.39 is 44.2 Å². The van der Waals surface area contributed by atoms with E-state index in [0.717, 1.165) is 12.8 Å². The molecule has 4 fully saturated rings. The van der Waals surface area contributed by atoms with E-state index in [1.54, 1.807) is 13.8 Å². The van der Waals surface area contributed by atoms with Crippen molar-refractivity contribution in [3.63, 3.8) is 0 Å². The zero-order valence-electron chi connectivity index (χ0n) is 29.7. The molecule has 4 rings (SSSR count). The van der Waals surface area contributed by atoms with Crippen LogP contribution in [0.1, 0.15) is 128 Å². The van der Waals surface area contributed by atoms with Gasteiger partial charge < -0.3 is 23.7 Å². The van der Waals surface area contributed by atoms with Gasteiger partial charge in [0.15, 0.2) is 0 Å². The lowest BCUT2D eigenvalue weighted by Crippen LogP contribution is -2.49. The average Bonchev–Trinajstić information content (AvgIpc) is 3.43. The predicted molar refractivity (Wildman–Crippen MR) is 166 cm³/mol. The summed E-state index contributed by atoms with van der Waals surface area (Å²) >= 11 is 0. The van der Waals surface area contributed by atoms with E-state index in [9.17, 15) is 24.0 Å². The maximum Gasteiger partial charge on any atom is 0.351 e. The van der Waals surface area contributed by atoms with Gasteiger partial charge in [0.05, 0.1) is 22.9 Å². The van der Waals surface area contributed by atoms with Crippen LogP contribution in [0, 0.1) is 32.5 Å². The van der Waals surface area contributed by atoms with Gasteiger partial charge in [-0.15, -0.1) is 0 Å². The van der Waals surface area contributed by atoms with Gasteiger partial charge in [-0.2, -0.15) is 0 Å². The van der Waals surface area contributed by atoms with Gasteiger partial charge in [0, 0.05) is 10.8 Å². The summed E-state index contributed by atoms with van der Waals surface area (Å²) in [6.45, 7) is 23.7. The summed E-state index contributed by atoms with van der Waals surface area (Å²) in [5.74, 6) is -1.83. The van der Waals surface area contributed by atoms with Gasteiger partial charge in [-0.05, 0) is 71.6 Å². The number of hydrogen-bond acceptors (Lipinski definition) is 10. The normalized spacial score (nSPS) is 32.3. The van der Waals surface area contributed by atoms with Gasteiger partial charge in [-0.25, -0.2) is 9.59 Å². The van der Waals surface area contributed by atoms with Crippen LogP contribution in [0.2, 0.25) is 0 Å². The van der Waals surface area contributed by atoms with Crippen LogP contribution in [0.15, 0.2) is 0 Å². The average molecular weight is 637 g/mol. The molecule has 0 radical (unpaired) electrons. The van der Waals surface area contributed by atoms with Crippen molar-refractivity contribution >= 4 is 29.8 Å². The largest absolute Gasteiger partial charge is 0.463 e. The Morgan fingerprint density at radius 2 is 1.04 bits per heavy atom. The van der Waals surface area contributed by atoms with Crippen LogP contribution >= 0.6 is 0 Å². The molecule has 0 amide bonds. The molecule has 10 nitrogen and oxygen atoms in total. The molecule has 2 saturated carbocycles. The lowest BCUT2D eigenvalue weighted by molar-refractivity contribution is -0.184. The quantitative estimate of drug-likeness (QED) is 0.149. The Labute approximate surface area is 269 Å². The molecule has 0 aromatic heterocycles. The molecule has 2 aliphatic carbocycles. The van der Waals surface area contributed by atoms with Crippen LogP contribution in [-0.2, 0) is 47.7 Å². The zero-order chi connectivity index (χ0) is 34.5. The van der Waals surface area contributed by atoms with Crippen LogP contribution in [0.25, 0.3) is 0 Å². The fourth-order valence-electron chi connectivity index (χ4n) is 6.84. The molecule has 2 saturated heterocycles. The van der Waals surface area contributed by atoms with E-state index >= 15 is 0 Å². The molecule has 10 heteroatoms. The Bertz CT molecular complexity index is 1210. The van der Waals surface area contributed by atoms with Crippen molar-refractivity contribution in [1.82, 2.24) is 0 Å². The first kappa shape index (κ1) is 36.8. The summed E-state index contributed by atoms with van der Waals surface area (Å²) in [5, 5.41) is 0. The molecule has 2 aliphatic heterocycles. The maximum absolute atomic E-state index is 12.6. The number of carbonyl (C=O) groups is 5. The number of fused-ring (bicyclic) bond motifs is 4. The first-order valence-electron chi connectivity index (χ1n) is 16.5. The second-order valence-corrected chi connectivity index (χ2v) is 16.3. The van der Waals surface area contributed by atoms with Crippen molar-refractivity contribution in [2.45, 2.75) is 139 Å². The van der Waals surface area contributed by atoms with Crippen molar-refractivity contribution in [3.05, 3.63) is 0 Å². The molecule has 45 heavy (non-hydrogen) atoms. The molecule has 4 bridgehead atoms. The molecule has 0 aromatic rings. The summed E-state index contributed by atoms with van der Waals surface area (Å²) in [6, 6.07) is 0. The van der Waals surface area contributed by atoms with Crippen molar-refractivity contribution in [2.75, 3.05) is 19.8 Å². The Morgan fingerprint density at radius 3 is 1.38 bits per heavy atom. The third-order valence-electron chi connectivity index (χ3n) is 12.8. The highest BCUT2D eigenvalue weighted by atomic mass is 16.6. The number of esters is 5. The molecule has 0 N–H and O–H groups in total. The molecule has 0 aromatic carbocycles. The third kappa shape index (κ3) is 5.56. The maximum atomic E-state index is 12.6. The summed E-state index contributed by atoms with van der Waals surface area (Å²) < 4.78 is 26.9. The second-order valence-electron chi connectivity index (χ2n) is 16.3. The molecule has 0 spiro atoms. The molecule has 2 heterocycles. The molecule has 4 aliphatic rings. The number of rotatable bonds is 11. The van der Waals surface area contributed by atoms with Crippen LogP contribution in [0.5, 0.6) is 0 Å². The van der Waals surface area contributed by atoms with Crippen molar-refractivity contribution in [1.29, 1.82) is 0 Å². The summed E-state index contributed by atoms with van der Waals surface area (Å²) in [4.78, 5) is 61.3. The topological polar surface area (TPSA) is 132 Å². The summed E-state index contributed by atoms with van der Waals surface area (Å²) in [5.41, 5.74) is -5.11. The van der Waals surface area contributed by atoms with Gasteiger partial charge in [-0.3, -0.25) is 14.4 Å². The van der Waals surface area contributed by atoms with Crippen LogP contribution in [0.3, 0.4) is 0 Å². The minimum atomic E-state index is -1.23. The van der Waals surface area contributed by atoms with Crippen molar-refractivity contribution in [3.8, 4) is 0 Å². The molecule has 4 atom stereocenters. The fraction of sp³-hybridized carbons (Fsp3) is 0.857. The molecular weight excluding hydrogens is 580 g/mol. The van der Waals surface area contributed by atoms with E-state index in [1.165, 1.54) is 0 Å². The van der Waals surface area contributed by atoms with E-state index in [0.29, 0.717) is 38.7 Å². The van der Waals surface area contributed by atoms with E-state index in [1.807, 2.05) is 48.5 Å². The number of hydrogen-bond donors (Lipinski definition) is 0. The Hall–Kier alpha value is -2.65. The highest BCUT2D eigenvalue weighted by molar-refractivity contribution is 5.94. The molecular formula is C35H56O10. The van der Waals surface area contributed by atoms with Gasteiger partial charge in [0.2, 0.25) is 11.2 Å². The zero-order valence-corrected chi connectivity index (χ0v) is 29.7. The Morgan fingerprint density at radius 1 is 0.644 bits per heavy atom. The highest BCUT2D eigenvalue weighted by Gasteiger charge is 2.77. The first-order chi connectivity index (χ1) is 20.5. The van der Waals surface area contributed by atoms with Crippen molar-refractivity contribution < 1.29 is 47.7 Å². The SMILES string of the molecule is CCC(C)(C)C(=O)OCCOC(=O)C12CCC(C)(C(=O)O1)C2(C)C.CCC(C)(C)CCOC(=O)C12CCC(C)(C(=O)O1)C2(C)C. The number of ether oxygens (including phenoxy) is 5. The summed E-state index contributed by atoms with van der Waals surface area (Å²) in [7, 11) is 0. The fourth-order valence-corrected chi connectivity index (χ4v) is 6.84. The lowest BCUT2D eigenvalue weighted by atomic mass is 9.66. The van der Waals surface area contributed by atoms with Crippen molar-refractivity contribution in [2.24, 2.45) is 32.5 Å². The summed E-state index contributed by atoms with van der Waals surface area (Å²) in [6.07, 6.45) is 4.84. The van der Waals surface area contributed by atoms with Crippen LogP contribution in [0.4, 0.5) is 0 Å². The van der Waals surface area contributed by atoms with E-state index in [2.05, 4.69) is 20.8 Å². The Balaban J connectivity index is 0.000000248. The van der Waals surface area contributed by atoms with Gasteiger partial charge in [0.1, 0.15) is 13.2 Å². The number of carbonyl (C=O) groups excluding carboxylic acids is 5. The van der Waals surface area contributed by atoms with Gasteiger partial charge in [0.25, 0.3) is 0 Å². The van der Waals surface area contributed by atoms with E-state index in [4.69, 9.17) is 23.7 Å². The molecule has 256 valence electrons. The minimum absolute atomic E-state index is 0.00424. The highest BCUT2D eigenvalue weighted by Crippen LogP contribution is 2.67. The minimum Gasteiger partial charge on any atom is -0.463 e. The lowest BCUT2D eigenvalue weighted by Gasteiger charge is -2.34. The van der Waals surface area contributed by atoms with Gasteiger partial charge in [-0.1, -0.05) is 61.8 Å². The smallest absolute Gasteiger partial charge is 0.351 e. The van der Waals surface area contributed by atoms with Gasteiger partial charge >= 0.3 is 29.8 Å². The Kier molecular flexibility index (Phi) is 9.70. The van der Waals surface area contributed by atoms with E-state index in [-0.39, 0.29) is 42.5 Å². The van der Waals surface area contributed by atoms with Crippen LogP contribution in [-0.4, -0.2) is 60.9 Å². The monoisotopic (exact) mass is 636 g/mol. The third-order valence-corrected chi connectivity index (χ3v) is 12.8. The standard InChI is InChI=1S/C18H28O6.C17H28O4/c1-7-15(2,3)12(19)22-10-11-23-14(21)18-9-8-17(6,13(20)24-18)16(18,4)5;1-7-14(2,3)10-11-20-13(19)17-9-8-16(6,12(18)21-17)15(17,4)5/h7-11H2,1-6H3;7-11H2,1-6H3. The second kappa shape index (κ2) is 11.9. The molecule has 4 unspecified atom stereocenters. The van der Waals surface area contributed by atoms with Crippen LogP contribution < -0.4 is 0 Å². The first-order valence-corrected chi connectivity index (χ1v) is 16.5.